The minimum absolute atomic E-state index is 0.0766. The molecule has 0 aliphatic rings. The van der Waals surface area contributed by atoms with Gasteiger partial charge in [-0.3, -0.25) is 4.79 Å². The zero-order chi connectivity index (χ0) is 14.5. The van der Waals surface area contributed by atoms with E-state index in [1.54, 1.807) is 0 Å². The van der Waals surface area contributed by atoms with Crippen LogP contribution in [-0.4, -0.2) is 11.9 Å². The number of carbonyl (C=O) groups is 1. The first-order chi connectivity index (χ1) is 9.63. The summed E-state index contributed by atoms with van der Waals surface area (Å²) >= 11 is 0. The van der Waals surface area contributed by atoms with Crippen molar-refractivity contribution in [1.29, 1.82) is 0 Å². The molecule has 0 radical (unpaired) electrons. The Bertz CT molecular complexity index is 589. The van der Waals surface area contributed by atoms with Gasteiger partial charge in [-0.15, -0.1) is 0 Å². The van der Waals surface area contributed by atoms with E-state index >= 15 is 0 Å². The summed E-state index contributed by atoms with van der Waals surface area (Å²) in [7, 11) is 0. The van der Waals surface area contributed by atoms with Crippen molar-refractivity contribution < 1.29 is 4.79 Å². The predicted octanol–water partition coefficient (Wildman–Crippen LogP) is 2.83. The number of benzene rings is 2. The number of hydrogen-bond acceptors (Lipinski definition) is 2. The molecule has 0 spiro atoms. The Labute approximate surface area is 120 Å². The van der Waals surface area contributed by atoms with Crippen molar-refractivity contribution in [3.05, 3.63) is 48.0 Å². The van der Waals surface area contributed by atoms with Crippen LogP contribution in [0.1, 0.15) is 25.8 Å². The molecule has 2 aromatic carbocycles. The average molecular weight is 270 g/mol. The van der Waals surface area contributed by atoms with Crippen molar-refractivity contribution in [1.82, 2.24) is 5.32 Å². The first-order valence-electron chi connectivity index (χ1n) is 7.13. The van der Waals surface area contributed by atoms with E-state index in [9.17, 15) is 4.79 Å². The number of rotatable bonds is 5. The Morgan fingerprint density at radius 3 is 2.65 bits per heavy atom. The van der Waals surface area contributed by atoms with E-state index in [1.165, 1.54) is 10.8 Å². The first kappa shape index (κ1) is 14.5. The fourth-order valence-corrected chi connectivity index (χ4v) is 2.26. The lowest BCUT2D eigenvalue weighted by Gasteiger charge is -2.18. The molecule has 2 atom stereocenters. The summed E-state index contributed by atoms with van der Waals surface area (Å²) in [4.78, 5) is 12.0. The fraction of sp³-hybridized carbons (Fsp3) is 0.353. The van der Waals surface area contributed by atoms with Gasteiger partial charge in [-0.1, -0.05) is 62.7 Å². The van der Waals surface area contributed by atoms with Gasteiger partial charge in [-0.2, -0.15) is 0 Å². The van der Waals surface area contributed by atoms with E-state index in [4.69, 9.17) is 5.73 Å². The standard InChI is InChI=1S/C17H22N2O/c1-3-12(2)16(18)17(20)19-11-14-9-6-8-13-7-4-5-10-15(13)14/h4-10,12,16H,3,11,18H2,1-2H3,(H,19,20)/t12?,16-/m0/s1. The largest absolute Gasteiger partial charge is 0.351 e. The Balaban J connectivity index is 2.08. The van der Waals surface area contributed by atoms with Gasteiger partial charge in [0.15, 0.2) is 0 Å². The van der Waals surface area contributed by atoms with Crippen LogP contribution in [0.2, 0.25) is 0 Å². The Kier molecular flexibility index (Phi) is 4.74. The lowest BCUT2D eigenvalue weighted by molar-refractivity contribution is -0.123. The normalized spacial score (nSPS) is 13.9. The van der Waals surface area contributed by atoms with Gasteiger partial charge in [0.25, 0.3) is 0 Å². The Morgan fingerprint density at radius 2 is 1.90 bits per heavy atom. The third-order valence-corrected chi connectivity index (χ3v) is 3.89. The Morgan fingerprint density at radius 1 is 1.20 bits per heavy atom. The summed E-state index contributed by atoms with van der Waals surface area (Å²) in [6.45, 7) is 4.56. The van der Waals surface area contributed by atoms with Crippen molar-refractivity contribution in [3.8, 4) is 0 Å². The highest BCUT2D eigenvalue weighted by molar-refractivity contribution is 5.86. The SMILES string of the molecule is CCC(C)[C@H](N)C(=O)NCc1cccc2ccccc12. The van der Waals surface area contributed by atoms with Crippen LogP contribution in [0.15, 0.2) is 42.5 Å². The van der Waals surface area contributed by atoms with Gasteiger partial charge in [0.1, 0.15) is 0 Å². The third-order valence-electron chi connectivity index (χ3n) is 3.89. The molecule has 0 saturated carbocycles. The molecule has 20 heavy (non-hydrogen) atoms. The van der Waals surface area contributed by atoms with Gasteiger partial charge in [-0.05, 0) is 22.3 Å². The summed E-state index contributed by atoms with van der Waals surface area (Å²) in [5.41, 5.74) is 7.05. The summed E-state index contributed by atoms with van der Waals surface area (Å²) in [6, 6.07) is 13.9. The highest BCUT2D eigenvalue weighted by Crippen LogP contribution is 2.18. The molecule has 0 aliphatic heterocycles. The van der Waals surface area contributed by atoms with E-state index in [-0.39, 0.29) is 11.8 Å². The number of nitrogens with one attached hydrogen (secondary N) is 1. The van der Waals surface area contributed by atoms with Crippen LogP contribution in [0.4, 0.5) is 0 Å². The van der Waals surface area contributed by atoms with Crippen LogP contribution in [0.3, 0.4) is 0 Å². The van der Waals surface area contributed by atoms with E-state index in [0.29, 0.717) is 6.54 Å². The van der Waals surface area contributed by atoms with E-state index in [1.807, 2.05) is 38.1 Å². The maximum Gasteiger partial charge on any atom is 0.237 e. The maximum atomic E-state index is 12.0. The number of amides is 1. The molecule has 2 aromatic rings. The van der Waals surface area contributed by atoms with Gasteiger partial charge in [-0.25, -0.2) is 0 Å². The summed E-state index contributed by atoms with van der Waals surface area (Å²) < 4.78 is 0. The average Bonchev–Trinajstić information content (AvgIpc) is 2.50. The molecule has 0 saturated heterocycles. The topological polar surface area (TPSA) is 55.1 Å². The first-order valence-corrected chi connectivity index (χ1v) is 7.13. The second-order valence-electron chi connectivity index (χ2n) is 5.27. The second-order valence-corrected chi connectivity index (χ2v) is 5.27. The maximum absolute atomic E-state index is 12.0. The van der Waals surface area contributed by atoms with Crippen molar-refractivity contribution in [3.63, 3.8) is 0 Å². The second kappa shape index (κ2) is 6.53. The van der Waals surface area contributed by atoms with E-state index in [2.05, 4.69) is 23.5 Å². The third kappa shape index (κ3) is 3.17. The molecule has 3 heteroatoms. The lowest BCUT2D eigenvalue weighted by Crippen LogP contribution is -2.44. The van der Waals surface area contributed by atoms with Crippen LogP contribution >= 0.6 is 0 Å². The van der Waals surface area contributed by atoms with Gasteiger partial charge in [0.05, 0.1) is 6.04 Å². The van der Waals surface area contributed by atoms with Crippen LogP contribution in [-0.2, 0) is 11.3 Å². The predicted molar refractivity (Wildman–Crippen MR) is 83.2 cm³/mol. The number of nitrogens with two attached hydrogens (primary N) is 1. The minimum Gasteiger partial charge on any atom is -0.351 e. The van der Waals surface area contributed by atoms with Gasteiger partial charge in [0, 0.05) is 6.54 Å². The van der Waals surface area contributed by atoms with Gasteiger partial charge in [0.2, 0.25) is 5.91 Å². The minimum atomic E-state index is -0.435. The highest BCUT2D eigenvalue weighted by Gasteiger charge is 2.18. The quantitative estimate of drug-likeness (QED) is 0.877. The number of carbonyl (C=O) groups excluding carboxylic acids is 1. The van der Waals surface area contributed by atoms with Crippen molar-refractivity contribution in [2.24, 2.45) is 11.7 Å². The molecule has 0 bridgehead atoms. The van der Waals surface area contributed by atoms with Crippen molar-refractivity contribution in [2.45, 2.75) is 32.9 Å². The molecule has 3 nitrogen and oxygen atoms in total. The van der Waals surface area contributed by atoms with Gasteiger partial charge < -0.3 is 11.1 Å². The molecule has 3 N–H and O–H groups in total. The molecule has 106 valence electrons. The highest BCUT2D eigenvalue weighted by atomic mass is 16.2. The summed E-state index contributed by atoms with van der Waals surface area (Å²) in [5.74, 6) is 0.120. The molecule has 0 fully saturated rings. The number of fused-ring (bicyclic) bond motifs is 1. The van der Waals surface area contributed by atoms with Crippen molar-refractivity contribution >= 4 is 16.7 Å². The molecular formula is C17H22N2O. The van der Waals surface area contributed by atoms with Crippen LogP contribution in [0.25, 0.3) is 10.8 Å². The molecule has 1 amide bonds. The molecule has 0 heterocycles. The summed E-state index contributed by atoms with van der Waals surface area (Å²) in [5, 5.41) is 5.30. The van der Waals surface area contributed by atoms with Gasteiger partial charge >= 0.3 is 0 Å². The van der Waals surface area contributed by atoms with Crippen LogP contribution in [0, 0.1) is 5.92 Å². The monoisotopic (exact) mass is 270 g/mol. The Hall–Kier alpha value is -1.87. The van der Waals surface area contributed by atoms with Crippen LogP contribution < -0.4 is 11.1 Å². The molecule has 0 aromatic heterocycles. The van der Waals surface area contributed by atoms with E-state index < -0.39 is 6.04 Å². The lowest BCUT2D eigenvalue weighted by atomic mass is 9.99. The molecule has 0 aliphatic carbocycles. The molecule has 1 unspecified atom stereocenters. The molecular weight excluding hydrogens is 248 g/mol. The molecule has 2 rings (SSSR count). The van der Waals surface area contributed by atoms with Crippen molar-refractivity contribution in [2.75, 3.05) is 0 Å². The van der Waals surface area contributed by atoms with Crippen LogP contribution in [0.5, 0.6) is 0 Å². The fourth-order valence-electron chi connectivity index (χ4n) is 2.26. The number of hydrogen-bond donors (Lipinski definition) is 2. The summed E-state index contributed by atoms with van der Waals surface area (Å²) in [6.07, 6.45) is 0.906. The zero-order valence-electron chi connectivity index (χ0n) is 12.1. The smallest absolute Gasteiger partial charge is 0.237 e. The zero-order valence-corrected chi connectivity index (χ0v) is 12.1. The van der Waals surface area contributed by atoms with E-state index in [0.717, 1.165) is 12.0 Å².